The number of ether oxygens (including phenoxy) is 1. The number of nitrogens with zero attached hydrogens (tertiary/aromatic N) is 3. The van der Waals surface area contributed by atoms with Crippen LogP contribution in [-0.2, 0) is 4.74 Å². The van der Waals surface area contributed by atoms with Gasteiger partial charge in [-0.1, -0.05) is 6.07 Å². The lowest BCUT2D eigenvalue weighted by Crippen LogP contribution is -2.44. The molecular weight excluding hydrogens is 398 g/mol. The van der Waals surface area contributed by atoms with Crippen LogP contribution in [0.15, 0.2) is 47.4 Å². The highest BCUT2D eigenvalue weighted by atomic mass is 16.5. The van der Waals surface area contributed by atoms with E-state index in [1.54, 1.807) is 24.4 Å². The van der Waals surface area contributed by atoms with E-state index in [0.29, 0.717) is 22.2 Å². The Morgan fingerprint density at radius 1 is 1.13 bits per heavy atom. The van der Waals surface area contributed by atoms with E-state index in [1.165, 1.54) is 19.2 Å². The first-order valence-electron chi connectivity index (χ1n) is 9.91. The Kier molecular flexibility index (Phi) is 5.68. The normalized spacial score (nSPS) is 14.5. The molecule has 3 aromatic rings. The standard InChI is InChI=1S/C22H23N5O4/c1-26-6-8-27(9-7-26)19-12-18-15(13-23-19)11-17(21(29)25-18)20(28)24-16-5-3-4-14(10-16)22(30)31-2/h3-5,10-13H,6-9H2,1-2H3,(H,24,28)(H,25,29). The van der Waals surface area contributed by atoms with Gasteiger partial charge in [-0.05, 0) is 31.3 Å². The molecule has 0 bridgehead atoms. The second kappa shape index (κ2) is 8.57. The zero-order valence-electron chi connectivity index (χ0n) is 17.3. The van der Waals surface area contributed by atoms with Crippen LogP contribution in [0.3, 0.4) is 0 Å². The number of pyridine rings is 2. The maximum atomic E-state index is 12.7. The van der Waals surface area contributed by atoms with Gasteiger partial charge in [0.2, 0.25) is 0 Å². The van der Waals surface area contributed by atoms with E-state index < -0.39 is 17.4 Å². The minimum atomic E-state index is -0.576. The number of methoxy groups -OCH3 is 1. The van der Waals surface area contributed by atoms with Crippen LogP contribution in [0.5, 0.6) is 0 Å². The van der Waals surface area contributed by atoms with Crippen molar-refractivity contribution < 1.29 is 14.3 Å². The van der Waals surface area contributed by atoms with Crippen molar-refractivity contribution in [2.75, 3.05) is 50.6 Å². The highest BCUT2D eigenvalue weighted by molar-refractivity contribution is 6.06. The maximum Gasteiger partial charge on any atom is 0.337 e. The van der Waals surface area contributed by atoms with Gasteiger partial charge in [-0.15, -0.1) is 0 Å². The predicted molar refractivity (Wildman–Crippen MR) is 118 cm³/mol. The molecule has 9 heteroatoms. The fraction of sp³-hybridized carbons (Fsp3) is 0.273. The summed E-state index contributed by atoms with van der Waals surface area (Å²) in [5.41, 5.74) is 0.775. The van der Waals surface area contributed by atoms with E-state index in [-0.39, 0.29) is 5.56 Å². The van der Waals surface area contributed by atoms with Gasteiger partial charge in [0.15, 0.2) is 0 Å². The second-order valence-corrected chi connectivity index (χ2v) is 7.46. The Balaban J connectivity index is 1.57. The van der Waals surface area contributed by atoms with Crippen molar-refractivity contribution in [3.8, 4) is 0 Å². The number of fused-ring (bicyclic) bond motifs is 1. The number of anilines is 2. The number of likely N-dealkylation sites (N-methyl/N-ethyl adjacent to an activating group) is 1. The minimum absolute atomic E-state index is 0.0369. The molecule has 1 fully saturated rings. The Bertz CT molecular complexity index is 1200. The molecule has 160 valence electrons. The van der Waals surface area contributed by atoms with Gasteiger partial charge in [0.25, 0.3) is 11.5 Å². The Hall–Kier alpha value is -3.72. The van der Waals surface area contributed by atoms with Gasteiger partial charge < -0.3 is 24.8 Å². The van der Waals surface area contributed by atoms with E-state index in [9.17, 15) is 14.4 Å². The van der Waals surface area contributed by atoms with E-state index >= 15 is 0 Å². The van der Waals surface area contributed by atoms with E-state index in [0.717, 1.165) is 32.0 Å². The highest BCUT2D eigenvalue weighted by Gasteiger charge is 2.17. The predicted octanol–water partition coefficient (Wildman–Crippen LogP) is 1.71. The number of amides is 1. The number of piperazine rings is 1. The number of carbonyl (C=O) groups is 2. The van der Waals surface area contributed by atoms with Gasteiger partial charge in [-0.25, -0.2) is 9.78 Å². The van der Waals surface area contributed by atoms with Crippen molar-refractivity contribution in [1.29, 1.82) is 0 Å². The average molecular weight is 421 g/mol. The second-order valence-electron chi connectivity index (χ2n) is 7.46. The number of esters is 1. The van der Waals surface area contributed by atoms with Crippen LogP contribution in [0, 0.1) is 0 Å². The first-order valence-corrected chi connectivity index (χ1v) is 9.91. The summed E-state index contributed by atoms with van der Waals surface area (Å²) in [6.07, 6.45) is 1.66. The summed E-state index contributed by atoms with van der Waals surface area (Å²) >= 11 is 0. The molecule has 4 rings (SSSR count). The molecule has 31 heavy (non-hydrogen) atoms. The molecule has 0 aliphatic carbocycles. The van der Waals surface area contributed by atoms with Crippen LogP contribution >= 0.6 is 0 Å². The van der Waals surface area contributed by atoms with Gasteiger partial charge in [-0.2, -0.15) is 0 Å². The van der Waals surface area contributed by atoms with Gasteiger partial charge in [0.05, 0.1) is 18.2 Å². The quantitative estimate of drug-likeness (QED) is 0.618. The Morgan fingerprint density at radius 2 is 1.90 bits per heavy atom. The largest absolute Gasteiger partial charge is 0.465 e. The third kappa shape index (κ3) is 4.41. The molecule has 1 saturated heterocycles. The van der Waals surface area contributed by atoms with Crippen LogP contribution in [0.4, 0.5) is 11.5 Å². The SMILES string of the molecule is COC(=O)c1cccc(NC(=O)c2cc3cnc(N4CCN(C)CC4)cc3[nH]c2=O)c1. The number of rotatable bonds is 4. The molecule has 0 radical (unpaired) electrons. The molecule has 0 unspecified atom stereocenters. The van der Waals surface area contributed by atoms with E-state index in [2.05, 4.69) is 36.9 Å². The molecule has 1 aliphatic heterocycles. The Morgan fingerprint density at radius 3 is 2.65 bits per heavy atom. The van der Waals surface area contributed by atoms with Crippen LogP contribution in [0.25, 0.3) is 10.9 Å². The highest BCUT2D eigenvalue weighted by Crippen LogP contribution is 2.19. The summed E-state index contributed by atoms with van der Waals surface area (Å²) in [5.74, 6) is -0.289. The van der Waals surface area contributed by atoms with Crippen LogP contribution < -0.4 is 15.8 Å². The number of benzene rings is 1. The lowest BCUT2D eigenvalue weighted by Gasteiger charge is -2.33. The molecule has 2 aromatic heterocycles. The average Bonchev–Trinajstić information content (AvgIpc) is 2.78. The van der Waals surface area contributed by atoms with Crippen molar-refractivity contribution in [2.45, 2.75) is 0 Å². The van der Waals surface area contributed by atoms with Crippen LogP contribution in [-0.4, -0.2) is 67.1 Å². The number of carbonyl (C=O) groups excluding carboxylic acids is 2. The van der Waals surface area contributed by atoms with Crippen LogP contribution in [0.1, 0.15) is 20.7 Å². The van der Waals surface area contributed by atoms with Gasteiger partial charge in [0.1, 0.15) is 11.4 Å². The third-order valence-electron chi connectivity index (χ3n) is 5.33. The molecule has 3 heterocycles. The summed E-state index contributed by atoms with van der Waals surface area (Å²) in [6, 6.07) is 9.68. The lowest BCUT2D eigenvalue weighted by molar-refractivity contribution is 0.0600. The summed E-state index contributed by atoms with van der Waals surface area (Å²) < 4.78 is 4.69. The number of aromatic amines is 1. The van der Waals surface area contributed by atoms with Crippen molar-refractivity contribution in [3.05, 3.63) is 64.1 Å². The van der Waals surface area contributed by atoms with Gasteiger partial charge in [0, 0.05) is 49.5 Å². The molecule has 0 saturated carbocycles. The topological polar surface area (TPSA) is 108 Å². The third-order valence-corrected chi connectivity index (χ3v) is 5.33. The van der Waals surface area contributed by atoms with Gasteiger partial charge in [-0.3, -0.25) is 9.59 Å². The van der Waals surface area contributed by atoms with Crippen molar-refractivity contribution >= 4 is 34.3 Å². The molecule has 0 spiro atoms. The van der Waals surface area contributed by atoms with E-state index in [1.807, 2.05) is 6.07 Å². The molecule has 9 nitrogen and oxygen atoms in total. The summed E-state index contributed by atoms with van der Waals surface area (Å²) in [6.45, 7) is 3.63. The smallest absolute Gasteiger partial charge is 0.337 e. The molecular formula is C22H23N5O4. The fourth-order valence-corrected chi connectivity index (χ4v) is 3.51. The Labute approximate surface area is 178 Å². The van der Waals surface area contributed by atoms with Crippen molar-refractivity contribution in [2.24, 2.45) is 0 Å². The summed E-state index contributed by atoms with van der Waals surface area (Å²) in [7, 11) is 3.37. The fourth-order valence-electron chi connectivity index (χ4n) is 3.51. The number of aromatic nitrogens is 2. The number of hydrogen-bond donors (Lipinski definition) is 2. The van der Waals surface area contributed by atoms with Crippen LogP contribution in [0.2, 0.25) is 0 Å². The molecule has 1 aromatic carbocycles. The first kappa shape index (κ1) is 20.5. The number of H-pyrrole nitrogens is 1. The van der Waals surface area contributed by atoms with Crippen molar-refractivity contribution in [1.82, 2.24) is 14.9 Å². The maximum absolute atomic E-state index is 12.7. The summed E-state index contributed by atoms with van der Waals surface area (Å²) in [4.78, 5) is 48.7. The molecule has 0 atom stereocenters. The zero-order chi connectivity index (χ0) is 22.0. The number of hydrogen-bond acceptors (Lipinski definition) is 7. The zero-order valence-corrected chi connectivity index (χ0v) is 17.3. The summed E-state index contributed by atoms with van der Waals surface area (Å²) in [5, 5.41) is 3.31. The first-order chi connectivity index (χ1) is 14.9. The van der Waals surface area contributed by atoms with Crippen molar-refractivity contribution in [3.63, 3.8) is 0 Å². The molecule has 1 amide bonds. The van der Waals surface area contributed by atoms with E-state index in [4.69, 9.17) is 0 Å². The molecule has 1 aliphatic rings. The monoisotopic (exact) mass is 421 g/mol. The minimum Gasteiger partial charge on any atom is -0.465 e. The van der Waals surface area contributed by atoms with Gasteiger partial charge >= 0.3 is 5.97 Å². The molecule has 2 N–H and O–H groups in total. The number of nitrogens with one attached hydrogen (secondary N) is 2. The lowest BCUT2D eigenvalue weighted by atomic mass is 10.1.